The van der Waals surface area contributed by atoms with Gasteiger partial charge in [-0.2, -0.15) is 0 Å². The zero-order valence-electron chi connectivity index (χ0n) is 12.4. The van der Waals surface area contributed by atoms with E-state index in [9.17, 15) is 10.1 Å². The van der Waals surface area contributed by atoms with Crippen molar-refractivity contribution < 1.29 is 9.66 Å². The topological polar surface area (TPSA) is 68.5 Å². The van der Waals surface area contributed by atoms with E-state index in [0.717, 1.165) is 18.0 Å². The molecule has 116 valence electrons. The Morgan fingerprint density at radius 3 is 2.73 bits per heavy atom. The fraction of sp³-hybridized carbons (Fsp3) is 0.267. The molecule has 7 heteroatoms. The summed E-state index contributed by atoms with van der Waals surface area (Å²) in [5, 5.41) is 11.0. The Kier molecular flexibility index (Phi) is 5.74. The molecular formula is C15H17N3O3S. The molecule has 0 unspecified atom stereocenters. The van der Waals surface area contributed by atoms with Crippen LogP contribution in [0.15, 0.2) is 47.5 Å². The quantitative estimate of drug-likeness (QED) is 0.434. The Labute approximate surface area is 133 Å². The van der Waals surface area contributed by atoms with Crippen molar-refractivity contribution in [2.24, 2.45) is 0 Å². The lowest BCUT2D eigenvalue weighted by molar-refractivity contribution is -0.386. The van der Waals surface area contributed by atoms with Gasteiger partial charge in [0.05, 0.1) is 4.92 Å². The van der Waals surface area contributed by atoms with Gasteiger partial charge in [-0.25, -0.2) is 9.29 Å². The van der Waals surface area contributed by atoms with Crippen molar-refractivity contribution in [3.63, 3.8) is 0 Å². The number of benzene rings is 1. The molecule has 1 aromatic carbocycles. The maximum absolute atomic E-state index is 11.0. The molecule has 6 nitrogen and oxygen atoms in total. The summed E-state index contributed by atoms with van der Waals surface area (Å²) in [4.78, 5) is 15.4. The number of pyridine rings is 1. The monoisotopic (exact) mass is 319 g/mol. The second-order valence-corrected chi connectivity index (χ2v) is 5.54. The van der Waals surface area contributed by atoms with Gasteiger partial charge in [-0.05, 0) is 36.2 Å². The first-order chi connectivity index (χ1) is 10.6. The first-order valence-corrected chi connectivity index (χ1v) is 7.71. The van der Waals surface area contributed by atoms with Gasteiger partial charge in [-0.3, -0.25) is 10.1 Å². The normalized spacial score (nSPS) is 10.7. The molecule has 0 aliphatic heterocycles. The number of rotatable bonds is 7. The highest BCUT2D eigenvalue weighted by molar-refractivity contribution is 7.97. The summed E-state index contributed by atoms with van der Waals surface area (Å²) in [5.41, 5.74) is -0.149. The average Bonchev–Trinajstić information content (AvgIpc) is 2.53. The fourth-order valence-corrected chi connectivity index (χ4v) is 2.67. The van der Waals surface area contributed by atoms with E-state index >= 15 is 0 Å². The highest BCUT2D eigenvalue weighted by Gasteiger charge is 2.16. The Morgan fingerprint density at radius 2 is 2.05 bits per heavy atom. The van der Waals surface area contributed by atoms with Crippen molar-refractivity contribution in [3.8, 4) is 11.6 Å². The number of hydrogen-bond acceptors (Lipinski definition) is 6. The smallest absolute Gasteiger partial charge is 0.331 e. The van der Waals surface area contributed by atoms with Gasteiger partial charge in [0.2, 0.25) is 0 Å². The van der Waals surface area contributed by atoms with E-state index in [1.807, 2.05) is 18.2 Å². The molecule has 0 bridgehead atoms. The van der Waals surface area contributed by atoms with Crippen LogP contribution in [0.1, 0.15) is 13.8 Å². The second kappa shape index (κ2) is 7.77. The molecule has 2 aromatic rings. The van der Waals surface area contributed by atoms with Gasteiger partial charge < -0.3 is 4.74 Å². The summed E-state index contributed by atoms with van der Waals surface area (Å²) in [7, 11) is 0. The van der Waals surface area contributed by atoms with Crippen molar-refractivity contribution in [1.82, 2.24) is 9.29 Å². The average molecular weight is 319 g/mol. The summed E-state index contributed by atoms with van der Waals surface area (Å²) in [6, 6.07) is 10.3. The lowest BCUT2D eigenvalue weighted by Gasteiger charge is -2.16. The maximum atomic E-state index is 11.0. The molecule has 0 N–H and O–H groups in total. The molecule has 2 rings (SSSR count). The predicted molar refractivity (Wildman–Crippen MR) is 86.2 cm³/mol. The van der Waals surface area contributed by atoms with E-state index in [4.69, 9.17) is 4.74 Å². The van der Waals surface area contributed by atoms with E-state index in [2.05, 4.69) is 23.1 Å². The third-order valence-electron chi connectivity index (χ3n) is 2.91. The van der Waals surface area contributed by atoms with Gasteiger partial charge in [0.25, 0.3) is 5.88 Å². The first kappa shape index (κ1) is 16.3. The lowest BCUT2D eigenvalue weighted by Crippen LogP contribution is -2.13. The molecule has 0 saturated carbocycles. The maximum Gasteiger partial charge on any atom is 0.331 e. The zero-order chi connectivity index (χ0) is 15.9. The van der Waals surface area contributed by atoms with E-state index in [1.54, 1.807) is 18.0 Å². The number of ether oxygens (including phenoxy) is 1. The fourth-order valence-electron chi connectivity index (χ4n) is 1.81. The Hall–Kier alpha value is -2.12. The number of nitrogens with zero attached hydrogens (tertiary/aromatic N) is 3. The van der Waals surface area contributed by atoms with Crippen LogP contribution < -0.4 is 4.74 Å². The van der Waals surface area contributed by atoms with Crippen LogP contribution in [-0.4, -0.2) is 27.3 Å². The number of aromatic nitrogens is 1. The van der Waals surface area contributed by atoms with Crippen LogP contribution in [0.3, 0.4) is 0 Å². The molecule has 1 heterocycles. The largest absolute Gasteiger partial charge is 0.434 e. The summed E-state index contributed by atoms with van der Waals surface area (Å²) in [6.45, 7) is 6.04. The van der Waals surface area contributed by atoms with E-state index < -0.39 is 4.92 Å². The molecular weight excluding hydrogens is 302 g/mol. The molecule has 0 spiro atoms. The standard InChI is InChI=1S/C15H17N3O3S/c1-3-17(4-2)22-13-8-5-7-12(11-13)21-15-14(18(19)20)9-6-10-16-15/h5-11H,3-4H2,1-2H3. The minimum absolute atomic E-state index is 0.00232. The molecule has 0 amide bonds. The predicted octanol–water partition coefficient (Wildman–Crippen LogP) is 4.13. The molecule has 22 heavy (non-hydrogen) atoms. The van der Waals surface area contributed by atoms with Gasteiger partial charge in [0.15, 0.2) is 0 Å². The number of hydrogen-bond donors (Lipinski definition) is 0. The highest BCUT2D eigenvalue weighted by Crippen LogP contribution is 2.31. The Morgan fingerprint density at radius 1 is 1.27 bits per heavy atom. The zero-order valence-corrected chi connectivity index (χ0v) is 13.2. The van der Waals surface area contributed by atoms with Crippen LogP contribution in [0.4, 0.5) is 5.69 Å². The van der Waals surface area contributed by atoms with Crippen LogP contribution in [-0.2, 0) is 0 Å². The Balaban J connectivity index is 2.19. The number of nitro groups is 1. The molecule has 0 atom stereocenters. The van der Waals surface area contributed by atoms with Gasteiger partial charge in [0, 0.05) is 30.2 Å². The molecule has 0 radical (unpaired) electrons. The SMILES string of the molecule is CCN(CC)Sc1cccc(Oc2ncccc2[N+](=O)[O-])c1. The molecule has 0 aliphatic carbocycles. The molecule has 0 saturated heterocycles. The van der Waals surface area contributed by atoms with Crippen LogP contribution in [0, 0.1) is 10.1 Å². The summed E-state index contributed by atoms with van der Waals surface area (Å²) in [5.74, 6) is 0.524. The second-order valence-electron chi connectivity index (χ2n) is 4.37. The molecule has 1 aromatic heterocycles. The van der Waals surface area contributed by atoms with Crippen molar-refractivity contribution in [1.29, 1.82) is 0 Å². The van der Waals surface area contributed by atoms with Crippen molar-refractivity contribution >= 4 is 17.6 Å². The third-order valence-corrected chi connectivity index (χ3v) is 4.15. The first-order valence-electron chi connectivity index (χ1n) is 6.94. The minimum Gasteiger partial charge on any atom is -0.434 e. The molecule has 0 aliphatic rings. The van der Waals surface area contributed by atoms with Crippen LogP contribution in [0.5, 0.6) is 11.6 Å². The van der Waals surface area contributed by atoms with Crippen molar-refractivity contribution in [2.45, 2.75) is 18.7 Å². The van der Waals surface area contributed by atoms with Gasteiger partial charge in [0.1, 0.15) is 5.75 Å². The van der Waals surface area contributed by atoms with Crippen LogP contribution in [0.25, 0.3) is 0 Å². The van der Waals surface area contributed by atoms with Crippen molar-refractivity contribution in [3.05, 3.63) is 52.7 Å². The van der Waals surface area contributed by atoms with Gasteiger partial charge in [-0.15, -0.1) is 0 Å². The van der Waals surface area contributed by atoms with Gasteiger partial charge >= 0.3 is 5.69 Å². The van der Waals surface area contributed by atoms with E-state index in [-0.39, 0.29) is 11.6 Å². The Bertz CT molecular complexity index is 647. The summed E-state index contributed by atoms with van der Waals surface area (Å²) in [6.07, 6.45) is 1.47. The highest BCUT2D eigenvalue weighted by atomic mass is 32.2. The van der Waals surface area contributed by atoms with Crippen LogP contribution in [0.2, 0.25) is 0 Å². The van der Waals surface area contributed by atoms with E-state index in [0.29, 0.717) is 5.75 Å². The lowest BCUT2D eigenvalue weighted by atomic mass is 10.3. The summed E-state index contributed by atoms with van der Waals surface area (Å²) < 4.78 is 7.77. The summed E-state index contributed by atoms with van der Waals surface area (Å²) >= 11 is 1.62. The van der Waals surface area contributed by atoms with Crippen LogP contribution >= 0.6 is 11.9 Å². The molecule has 0 fully saturated rings. The third kappa shape index (κ3) is 4.19. The minimum atomic E-state index is -0.503. The van der Waals surface area contributed by atoms with Gasteiger partial charge in [-0.1, -0.05) is 19.9 Å². The van der Waals surface area contributed by atoms with Crippen molar-refractivity contribution in [2.75, 3.05) is 13.1 Å². The van der Waals surface area contributed by atoms with E-state index in [1.165, 1.54) is 18.3 Å².